The second-order valence-electron chi connectivity index (χ2n) is 23.4. The van der Waals surface area contributed by atoms with Gasteiger partial charge >= 0.3 is 0 Å². The Morgan fingerprint density at radius 1 is 0.600 bits per heavy atom. The Labute approximate surface area is 558 Å². The quantitative estimate of drug-likeness (QED) is 0.0308. The van der Waals surface area contributed by atoms with Gasteiger partial charge in [-0.25, -0.2) is 4.58 Å². The van der Waals surface area contributed by atoms with E-state index in [0.717, 1.165) is 16.0 Å². The molecule has 3 heterocycles. The molecule has 1 saturated heterocycles. The summed E-state index contributed by atoms with van der Waals surface area (Å²) >= 11 is 0. The average Bonchev–Trinajstić information content (AvgIpc) is 1.60. The lowest BCUT2D eigenvalue weighted by atomic mass is 9.77. The van der Waals surface area contributed by atoms with Crippen molar-refractivity contribution >= 4 is 59.7 Å². The minimum atomic E-state index is -4.67. The molecule has 1 aliphatic carbocycles. The van der Waals surface area contributed by atoms with Crippen LogP contribution in [0.1, 0.15) is 83.1 Å². The lowest BCUT2D eigenvalue weighted by Crippen LogP contribution is -2.35. The molecule has 2 amide bonds. The Morgan fingerprint density at radius 3 is 1.58 bits per heavy atom. The lowest BCUT2D eigenvalue weighted by Gasteiger charge is -2.30. The Balaban J connectivity index is 1.18. The number of methoxy groups -OCH3 is 1. The number of benzene rings is 2. The van der Waals surface area contributed by atoms with Crippen molar-refractivity contribution in [2.45, 2.75) is 81.9 Å². The molecule has 5 rings (SSSR count). The molecule has 4 aliphatic rings. The molecular weight excluding hydrogens is 1310 g/mol. The molecule has 0 aromatic heterocycles. The number of fused-ring (bicyclic) bond motifs is 2. The van der Waals surface area contributed by atoms with Crippen molar-refractivity contribution in [2.75, 3.05) is 202 Å². The fourth-order valence-corrected chi connectivity index (χ4v) is 11.8. The van der Waals surface area contributed by atoms with Crippen molar-refractivity contribution in [1.82, 2.24) is 9.48 Å². The van der Waals surface area contributed by atoms with E-state index in [1.54, 1.807) is 25.3 Å². The van der Waals surface area contributed by atoms with Crippen LogP contribution in [0.3, 0.4) is 0 Å². The summed E-state index contributed by atoms with van der Waals surface area (Å²) < 4.78 is 178. The van der Waals surface area contributed by atoms with Crippen molar-refractivity contribution < 1.29 is 115 Å². The molecule has 1 aromatic carbocycles. The third-order valence-corrected chi connectivity index (χ3v) is 17.6. The number of carbonyl (C=O) groups excluding carboxylic acids is 3. The average molecular weight is 1410 g/mol. The predicted molar refractivity (Wildman–Crippen MR) is 350 cm³/mol. The molecule has 3 aliphatic heterocycles. The van der Waals surface area contributed by atoms with Crippen LogP contribution in [0.2, 0.25) is 0 Å². The molecule has 1 atom stereocenters. The number of hydrogen-bond donors (Lipinski definition) is 3. The summed E-state index contributed by atoms with van der Waals surface area (Å²) in [6.45, 7) is 16.5. The van der Waals surface area contributed by atoms with Gasteiger partial charge < -0.3 is 66.2 Å². The van der Waals surface area contributed by atoms with Crippen LogP contribution >= 0.6 is 0 Å². The first kappa shape index (κ1) is 80.7. The SMILES string of the molecule is COCCOCCOCCOCCOCCOCC[N+](CCCS(=O)(=O)O)=c1ccc2c(C(C)(C)C)cc(/C=C/C=C3/N(CCOCCOCCOCCOCCOCCOCCC(=O)CN4C(=O)CCC4=O)c4ccc(S(=O)(=O)O)cc4C3(C)CCCS(=O)(=O)O)oc-2c1. The first-order valence-corrected chi connectivity index (χ1v) is 36.5. The molecule has 95 heavy (non-hydrogen) atoms. The Bertz CT molecular complexity index is 3280. The van der Waals surface area contributed by atoms with Crippen LogP contribution in [0.4, 0.5) is 5.69 Å². The van der Waals surface area contributed by atoms with E-state index < -0.39 is 47.3 Å². The van der Waals surface area contributed by atoms with Crippen molar-refractivity contribution in [3.05, 3.63) is 82.6 Å². The molecule has 0 bridgehead atoms. The lowest BCUT2D eigenvalue weighted by molar-refractivity contribution is -0.142. The van der Waals surface area contributed by atoms with E-state index in [1.165, 1.54) is 12.1 Å². The first-order chi connectivity index (χ1) is 45.3. The number of carbonyl (C=O) groups is 3. The molecule has 0 spiro atoms. The summed E-state index contributed by atoms with van der Waals surface area (Å²) in [5, 5.41) is 0.714. The van der Waals surface area contributed by atoms with Gasteiger partial charge in [-0.15, -0.1) is 0 Å². The van der Waals surface area contributed by atoms with Crippen LogP contribution in [0.15, 0.2) is 69.6 Å². The zero-order valence-corrected chi connectivity index (χ0v) is 57.9. The van der Waals surface area contributed by atoms with Gasteiger partial charge in [0.05, 0.1) is 174 Å². The predicted octanol–water partition coefficient (Wildman–Crippen LogP) is 4.26. The van der Waals surface area contributed by atoms with E-state index >= 15 is 0 Å². The number of amides is 2. The minimum Gasteiger partial charge on any atom is -0.456 e. The van der Waals surface area contributed by atoms with Crippen LogP contribution < -0.4 is 14.8 Å². The summed E-state index contributed by atoms with van der Waals surface area (Å²) in [7, 11) is -11.7. The third kappa shape index (κ3) is 30.3. The molecule has 31 heteroatoms. The highest BCUT2D eigenvalue weighted by Crippen LogP contribution is 2.51. The summed E-state index contributed by atoms with van der Waals surface area (Å²) in [6, 6.07) is 11.9. The van der Waals surface area contributed by atoms with Crippen molar-refractivity contribution in [3.63, 3.8) is 0 Å². The van der Waals surface area contributed by atoms with Gasteiger partial charge in [0.25, 0.3) is 30.4 Å². The zero-order chi connectivity index (χ0) is 69.2. The minimum absolute atomic E-state index is 0.00557. The van der Waals surface area contributed by atoms with Gasteiger partial charge in [-0.2, -0.15) is 25.3 Å². The van der Waals surface area contributed by atoms with Crippen molar-refractivity contribution in [1.29, 1.82) is 0 Å². The maximum atomic E-state index is 12.6. The number of allylic oxidation sites excluding steroid dienone is 3. The molecule has 0 saturated carbocycles. The highest BCUT2D eigenvalue weighted by Gasteiger charge is 2.44. The number of Topliss-reactive ketones (excluding diaryl/α,β-unsaturated/α-hetero) is 1. The summed E-state index contributed by atoms with van der Waals surface area (Å²) in [5.74, 6) is -0.909. The van der Waals surface area contributed by atoms with Gasteiger partial charge in [0, 0.05) is 67.8 Å². The van der Waals surface area contributed by atoms with Gasteiger partial charge in [-0.1, -0.05) is 26.8 Å². The number of anilines is 1. The number of likely N-dealkylation sites (tertiary alicyclic amines) is 1. The Kier molecular flexibility index (Phi) is 35.7. The normalized spacial score (nSPS) is 16.4. The summed E-state index contributed by atoms with van der Waals surface area (Å²) in [4.78, 5) is 38.0. The van der Waals surface area contributed by atoms with Crippen molar-refractivity contribution in [2.24, 2.45) is 0 Å². The molecule has 0 radical (unpaired) electrons. The van der Waals surface area contributed by atoms with Crippen LogP contribution in [0, 0.1) is 0 Å². The van der Waals surface area contributed by atoms with E-state index in [4.69, 9.17) is 61.3 Å². The van der Waals surface area contributed by atoms with Crippen LogP contribution in [-0.2, 0) is 112 Å². The Morgan fingerprint density at radius 2 is 1.08 bits per heavy atom. The molecule has 1 aromatic rings. The highest BCUT2D eigenvalue weighted by atomic mass is 32.2. The van der Waals surface area contributed by atoms with Crippen LogP contribution in [0.25, 0.3) is 17.4 Å². The monoisotopic (exact) mass is 1400 g/mol. The van der Waals surface area contributed by atoms with E-state index in [9.17, 15) is 53.3 Å². The zero-order valence-electron chi connectivity index (χ0n) is 55.4. The van der Waals surface area contributed by atoms with Gasteiger partial charge in [0.15, 0.2) is 12.3 Å². The van der Waals surface area contributed by atoms with Gasteiger partial charge in [-0.3, -0.25) is 32.9 Å². The molecule has 28 nitrogen and oxygen atoms in total. The smallest absolute Gasteiger partial charge is 0.294 e. The van der Waals surface area contributed by atoms with E-state index in [0.29, 0.717) is 153 Å². The maximum absolute atomic E-state index is 12.6. The third-order valence-electron chi connectivity index (χ3n) is 15.1. The second-order valence-corrected chi connectivity index (χ2v) is 28.0. The number of rotatable bonds is 52. The Hall–Kier alpha value is -5.01. The fraction of sp³-hybridized carbons (Fsp3) is 0.656. The maximum Gasteiger partial charge on any atom is 0.294 e. The number of ether oxygens (including phenoxy) is 12. The molecule has 3 N–H and O–H groups in total. The summed E-state index contributed by atoms with van der Waals surface area (Å²) in [5.41, 5.74) is 2.08. The number of ketones is 1. The second kappa shape index (κ2) is 42.1. The molecule has 536 valence electrons. The van der Waals surface area contributed by atoms with Crippen LogP contribution in [-0.4, -0.2) is 258 Å². The number of imide groups is 1. The number of nitrogens with zero attached hydrogens (tertiary/aromatic N) is 3. The van der Waals surface area contributed by atoms with E-state index in [1.807, 2.05) is 46.7 Å². The van der Waals surface area contributed by atoms with Crippen molar-refractivity contribution in [3.8, 4) is 11.3 Å². The molecule has 1 unspecified atom stereocenters. The van der Waals surface area contributed by atoms with Gasteiger partial charge in [0.1, 0.15) is 24.7 Å². The fourth-order valence-electron chi connectivity index (χ4n) is 10.3. The van der Waals surface area contributed by atoms with E-state index in [-0.39, 0.29) is 126 Å². The van der Waals surface area contributed by atoms with E-state index in [2.05, 4.69) is 20.8 Å². The molecular formula is C64H98N3O25S3+. The van der Waals surface area contributed by atoms with Gasteiger partial charge in [-0.05, 0) is 78.8 Å². The standard InChI is InChI=1S/C64H97N3O25S3/c1-63(2,3)56-48-53(92-59-47-51(11-13-55(56)59)65(19-8-46-94(74,75)76)20-23-82-28-31-86-36-39-90-42-41-88-34-33-84-26-25-80-5)9-6-10-60-64(4,18-7-45-93(71,72)73)57-49-54(95(77,78)79)12-14-58(57)66(60)21-24-83-29-32-87-37-40-91-44-43-89-38-35-85-30-27-81-22-17-52(68)50-67-61(69)15-16-62(67)70/h6,9-14,47-49H,7-8,15-46,50H2,1-5H3,(H2-,71,72,73,74,75,76,77,78,79)/p+1. The summed E-state index contributed by atoms with van der Waals surface area (Å²) in [6.07, 6.45) is 6.01. The highest BCUT2D eigenvalue weighted by molar-refractivity contribution is 7.86. The number of hydrogen-bond acceptors (Lipinski definition) is 23. The van der Waals surface area contributed by atoms with Crippen LogP contribution in [0.5, 0.6) is 0 Å². The topological polar surface area (TPSA) is 348 Å². The largest absolute Gasteiger partial charge is 0.456 e. The van der Waals surface area contributed by atoms with Gasteiger partial charge in [0.2, 0.25) is 17.2 Å². The first-order valence-electron chi connectivity index (χ1n) is 31.8. The molecule has 1 fully saturated rings.